The zero-order chi connectivity index (χ0) is 16.9. The minimum atomic E-state index is -0.120. The number of amides is 2. The van der Waals surface area contributed by atoms with Crippen LogP contribution in [-0.2, 0) is 4.79 Å². The van der Waals surface area contributed by atoms with Crippen molar-refractivity contribution in [2.45, 2.75) is 12.8 Å². The highest BCUT2D eigenvalue weighted by Gasteiger charge is 2.09. The number of aromatic nitrogens is 1. The van der Waals surface area contributed by atoms with Crippen molar-refractivity contribution in [3.63, 3.8) is 0 Å². The molecule has 0 saturated carbocycles. The Hall–Kier alpha value is -1.96. The molecule has 124 valence electrons. The molecule has 0 saturated heterocycles. The van der Waals surface area contributed by atoms with Gasteiger partial charge in [-0.25, -0.2) is 4.98 Å². The normalized spacial score (nSPS) is 10.7. The molecule has 8 heteroatoms. The Morgan fingerprint density at radius 2 is 2.12 bits per heavy atom. The van der Waals surface area contributed by atoms with E-state index in [4.69, 9.17) is 11.6 Å². The lowest BCUT2D eigenvalue weighted by Crippen LogP contribution is -2.24. The first-order valence-corrected chi connectivity index (χ1v) is 9.37. The summed E-state index contributed by atoms with van der Waals surface area (Å²) in [4.78, 5) is 28.7. The van der Waals surface area contributed by atoms with Crippen LogP contribution in [0, 0.1) is 0 Å². The van der Waals surface area contributed by atoms with Crippen LogP contribution in [0.5, 0.6) is 0 Å². The summed E-state index contributed by atoms with van der Waals surface area (Å²) in [6.45, 7) is 0.458. The molecular formula is C16H14ClN3O2S2. The molecular weight excluding hydrogens is 366 g/mol. The van der Waals surface area contributed by atoms with Crippen molar-refractivity contribution in [1.29, 1.82) is 0 Å². The molecule has 0 unspecified atom stereocenters. The zero-order valence-corrected chi connectivity index (χ0v) is 14.9. The lowest BCUT2D eigenvalue weighted by molar-refractivity contribution is -0.116. The Labute approximate surface area is 151 Å². The molecule has 1 aromatic carbocycles. The van der Waals surface area contributed by atoms with Crippen LogP contribution in [0.4, 0.5) is 5.13 Å². The molecule has 0 radical (unpaired) electrons. The second kappa shape index (κ2) is 7.74. The average molecular weight is 380 g/mol. The first-order chi connectivity index (χ1) is 11.6. The third-order valence-electron chi connectivity index (χ3n) is 3.21. The van der Waals surface area contributed by atoms with Crippen molar-refractivity contribution in [2.24, 2.45) is 0 Å². The minimum absolute atomic E-state index is 0.103. The van der Waals surface area contributed by atoms with E-state index >= 15 is 0 Å². The van der Waals surface area contributed by atoms with Crippen LogP contribution < -0.4 is 10.6 Å². The Morgan fingerprint density at radius 1 is 1.25 bits per heavy atom. The first-order valence-electron chi connectivity index (χ1n) is 7.29. The quantitative estimate of drug-likeness (QED) is 0.632. The molecule has 2 aromatic heterocycles. The van der Waals surface area contributed by atoms with Gasteiger partial charge in [-0.2, -0.15) is 0 Å². The number of carbonyl (C=O) groups is 2. The Kier molecular flexibility index (Phi) is 5.44. The van der Waals surface area contributed by atoms with E-state index in [1.165, 1.54) is 22.7 Å². The van der Waals surface area contributed by atoms with Gasteiger partial charge in [0.05, 0.1) is 15.1 Å². The predicted molar refractivity (Wildman–Crippen MR) is 99.1 cm³/mol. The Balaban J connectivity index is 1.44. The first kappa shape index (κ1) is 16.9. The fraction of sp³-hybridized carbons (Fsp3) is 0.188. The molecule has 0 aliphatic carbocycles. The van der Waals surface area contributed by atoms with Gasteiger partial charge in [0.2, 0.25) is 5.91 Å². The summed E-state index contributed by atoms with van der Waals surface area (Å²) >= 11 is 8.72. The van der Waals surface area contributed by atoms with Crippen molar-refractivity contribution in [2.75, 3.05) is 11.9 Å². The van der Waals surface area contributed by atoms with E-state index in [1.54, 1.807) is 12.1 Å². The monoisotopic (exact) mass is 379 g/mol. The van der Waals surface area contributed by atoms with E-state index in [9.17, 15) is 9.59 Å². The highest BCUT2D eigenvalue weighted by atomic mass is 35.5. The third kappa shape index (κ3) is 4.31. The molecule has 3 rings (SSSR count). The number of anilines is 1. The number of hydrogen-bond acceptors (Lipinski definition) is 5. The van der Waals surface area contributed by atoms with Crippen LogP contribution in [0.25, 0.3) is 10.2 Å². The highest BCUT2D eigenvalue weighted by molar-refractivity contribution is 7.22. The predicted octanol–water partition coefficient (Wildman–Crippen LogP) is 4.16. The van der Waals surface area contributed by atoms with Gasteiger partial charge in [0.15, 0.2) is 5.13 Å². The van der Waals surface area contributed by atoms with E-state index in [1.807, 2.05) is 23.6 Å². The van der Waals surface area contributed by atoms with Gasteiger partial charge in [-0.3, -0.25) is 9.59 Å². The van der Waals surface area contributed by atoms with Crippen molar-refractivity contribution in [1.82, 2.24) is 10.3 Å². The van der Waals surface area contributed by atoms with E-state index in [0.29, 0.717) is 34.4 Å². The van der Waals surface area contributed by atoms with E-state index in [2.05, 4.69) is 15.6 Å². The van der Waals surface area contributed by atoms with Crippen LogP contribution in [0.15, 0.2) is 35.7 Å². The summed E-state index contributed by atoms with van der Waals surface area (Å²) in [7, 11) is 0. The standard InChI is InChI=1S/C16H14ClN3O2S2/c17-10-5-6-11-13(9-10)24-16(19-11)20-14(21)4-1-7-18-15(22)12-3-2-8-23-12/h2-3,5-6,8-9H,1,4,7H2,(H,18,22)(H,19,20,21). The molecule has 3 aromatic rings. The maximum Gasteiger partial charge on any atom is 0.261 e. The SMILES string of the molecule is O=C(CCCNC(=O)c1cccs1)Nc1nc2ccc(Cl)cc2s1. The third-order valence-corrected chi connectivity index (χ3v) is 5.25. The summed E-state index contributed by atoms with van der Waals surface area (Å²) in [5.74, 6) is -0.223. The van der Waals surface area contributed by atoms with Crippen LogP contribution in [0.3, 0.4) is 0 Å². The van der Waals surface area contributed by atoms with Crippen molar-refractivity contribution in [3.05, 3.63) is 45.6 Å². The molecule has 0 spiro atoms. The fourth-order valence-corrected chi connectivity index (χ4v) is 3.88. The van der Waals surface area contributed by atoms with Gasteiger partial charge in [-0.05, 0) is 36.1 Å². The summed E-state index contributed by atoms with van der Waals surface area (Å²) < 4.78 is 0.931. The van der Waals surface area contributed by atoms with Gasteiger partial charge in [-0.1, -0.05) is 29.0 Å². The Morgan fingerprint density at radius 3 is 2.92 bits per heavy atom. The molecule has 0 aliphatic rings. The van der Waals surface area contributed by atoms with Gasteiger partial charge in [0.25, 0.3) is 5.91 Å². The number of rotatable bonds is 6. The molecule has 24 heavy (non-hydrogen) atoms. The number of nitrogens with one attached hydrogen (secondary N) is 2. The highest BCUT2D eigenvalue weighted by Crippen LogP contribution is 2.28. The summed E-state index contributed by atoms with van der Waals surface area (Å²) in [6, 6.07) is 9.02. The van der Waals surface area contributed by atoms with Gasteiger partial charge in [-0.15, -0.1) is 11.3 Å². The number of nitrogens with zero attached hydrogens (tertiary/aromatic N) is 1. The smallest absolute Gasteiger partial charge is 0.261 e. The summed E-state index contributed by atoms with van der Waals surface area (Å²) in [6.07, 6.45) is 0.890. The maximum atomic E-state index is 11.9. The molecule has 2 amide bonds. The average Bonchev–Trinajstić information content (AvgIpc) is 3.20. The molecule has 0 bridgehead atoms. The molecule has 0 atom stereocenters. The van der Waals surface area contributed by atoms with Gasteiger partial charge in [0, 0.05) is 18.0 Å². The number of carbonyl (C=O) groups excluding carboxylic acids is 2. The van der Waals surface area contributed by atoms with Gasteiger partial charge < -0.3 is 10.6 Å². The second-order valence-electron chi connectivity index (χ2n) is 5.02. The van der Waals surface area contributed by atoms with Gasteiger partial charge >= 0.3 is 0 Å². The van der Waals surface area contributed by atoms with E-state index in [0.717, 1.165) is 10.2 Å². The molecule has 2 N–H and O–H groups in total. The number of thiophene rings is 1. The topological polar surface area (TPSA) is 71.1 Å². The van der Waals surface area contributed by atoms with Crippen LogP contribution in [-0.4, -0.2) is 23.3 Å². The fourth-order valence-electron chi connectivity index (χ4n) is 2.08. The van der Waals surface area contributed by atoms with E-state index < -0.39 is 0 Å². The second-order valence-corrected chi connectivity index (χ2v) is 7.43. The van der Waals surface area contributed by atoms with Crippen molar-refractivity contribution >= 4 is 61.4 Å². The molecule has 0 fully saturated rings. The number of hydrogen-bond donors (Lipinski definition) is 2. The zero-order valence-electron chi connectivity index (χ0n) is 12.5. The summed E-state index contributed by atoms with van der Waals surface area (Å²) in [5.41, 5.74) is 0.808. The molecule has 5 nitrogen and oxygen atoms in total. The maximum absolute atomic E-state index is 11.9. The van der Waals surface area contributed by atoms with Crippen molar-refractivity contribution < 1.29 is 9.59 Å². The largest absolute Gasteiger partial charge is 0.351 e. The van der Waals surface area contributed by atoms with Crippen LogP contribution in [0.2, 0.25) is 5.02 Å². The van der Waals surface area contributed by atoms with E-state index in [-0.39, 0.29) is 11.8 Å². The van der Waals surface area contributed by atoms with Crippen LogP contribution >= 0.6 is 34.3 Å². The summed E-state index contributed by atoms with van der Waals surface area (Å²) in [5, 5.41) is 8.63. The minimum Gasteiger partial charge on any atom is -0.351 e. The lowest BCUT2D eigenvalue weighted by atomic mass is 10.3. The number of halogens is 1. The van der Waals surface area contributed by atoms with Crippen LogP contribution in [0.1, 0.15) is 22.5 Å². The number of fused-ring (bicyclic) bond motifs is 1. The van der Waals surface area contributed by atoms with Crippen molar-refractivity contribution in [3.8, 4) is 0 Å². The number of benzene rings is 1. The number of thiazole rings is 1. The Bertz CT molecular complexity index is 861. The lowest BCUT2D eigenvalue weighted by Gasteiger charge is -2.03. The molecule has 0 aliphatic heterocycles. The molecule has 2 heterocycles. The van der Waals surface area contributed by atoms with Gasteiger partial charge in [0.1, 0.15) is 0 Å².